The van der Waals surface area contributed by atoms with Crippen LogP contribution in [0.4, 0.5) is 10.5 Å². The lowest BCUT2D eigenvalue weighted by molar-refractivity contribution is 0.148. The van der Waals surface area contributed by atoms with Crippen LogP contribution in [-0.4, -0.2) is 37.4 Å². The van der Waals surface area contributed by atoms with Crippen LogP contribution in [0, 0.1) is 5.41 Å². The molecule has 0 fully saturated rings. The van der Waals surface area contributed by atoms with Crippen molar-refractivity contribution in [3.8, 4) is 0 Å². The Labute approximate surface area is 144 Å². The summed E-state index contributed by atoms with van der Waals surface area (Å²) in [4.78, 5) is 14.1. The third-order valence-corrected chi connectivity index (χ3v) is 4.32. The van der Waals surface area contributed by atoms with Crippen molar-refractivity contribution in [2.75, 3.05) is 31.1 Å². The number of urea groups is 1. The average Bonchev–Trinajstić information content (AvgIpc) is 3.12. The zero-order chi connectivity index (χ0) is 17.4. The highest BCUT2D eigenvalue weighted by atomic mass is 16.3. The fourth-order valence-electron chi connectivity index (χ4n) is 2.61. The summed E-state index contributed by atoms with van der Waals surface area (Å²) in [6.45, 7) is 7.29. The molecule has 2 rings (SSSR count). The number of benzene rings is 1. The monoisotopic (exact) mass is 331 g/mol. The summed E-state index contributed by atoms with van der Waals surface area (Å²) in [6, 6.07) is 8.15. The van der Waals surface area contributed by atoms with E-state index >= 15 is 0 Å². The minimum atomic E-state index is -0.148. The molecule has 1 aliphatic heterocycles. The number of rotatable bonds is 8. The van der Waals surface area contributed by atoms with Crippen LogP contribution in [0.25, 0.3) is 0 Å². The van der Waals surface area contributed by atoms with Crippen molar-refractivity contribution in [2.45, 2.75) is 33.2 Å². The lowest BCUT2D eigenvalue weighted by Gasteiger charge is -2.21. The highest BCUT2D eigenvalue weighted by Gasteiger charge is 2.15. The molecule has 1 aromatic rings. The average molecular weight is 331 g/mol. The molecule has 1 aliphatic rings. The number of hydrogen-bond donors (Lipinski definition) is 3. The minimum absolute atomic E-state index is 0.0786. The topological polar surface area (TPSA) is 64.6 Å². The summed E-state index contributed by atoms with van der Waals surface area (Å²) < 4.78 is 0. The van der Waals surface area contributed by atoms with Gasteiger partial charge in [-0.1, -0.05) is 38.1 Å². The molecule has 3 N–H and O–H groups in total. The zero-order valence-corrected chi connectivity index (χ0v) is 14.7. The molecule has 5 heteroatoms. The lowest BCUT2D eigenvalue weighted by atomic mass is 9.89. The van der Waals surface area contributed by atoms with E-state index in [0.29, 0.717) is 13.1 Å². The Kier molecular flexibility index (Phi) is 6.67. The molecule has 0 saturated heterocycles. The third kappa shape index (κ3) is 5.89. The van der Waals surface area contributed by atoms with Gasteiger partial charge in [0.15, 0.2) is 0 Å². The number of aliphatic hydroxyl groups is 1. The van der Waals surface area contributed by atoms with Crippen molar-refractivity contribution in [3.63, 3.8) is 0 Å². The van der Waals surface area contributed by atoms with Crippen LogP contribution in [-0.2, 0) is 6.54 Å². The Morgan fingerprint density at radius 3 is 2.46 bits per heavy atom. The molecule has 0 saturated carbocycles. The summed E-state index contributed by atoms with van der Waals surface area (Å²) in [7, 11) is 0. The maximum absolute atomic E-state index is 11.8. The Hall–Kier alpha value is -2.01. The summed E-state index contributed by atoms with van der Waals surface area (Å²) in [5.74, 6) is 0. The van der Waals surface area contributed by atoms with Gasteiger partial charge >= 0.3 is 6.03 Å². The van der Waals surface area contributed by atoms with Crippen LogP contribution in [0.1, 0.15) is 32.3 Å². The molecule has 1 heterocycles. The van der Waals surface area contributed by atoms with Crippen molar-refractivity contribution in [1.82, 2.24) is 10.6 Å². The molecule has 1 aromatic carbocycles. The normalized spacial score (nSPS) is 14.0. The van der Waals surface area contributed by atoms with Gasteiger partial charge in [-0.05, 0) is 36.0 Å². The van der Waals surface area contributed by atoms with E-state index < -0.39 is 0 Å². The second kappa shape index (κ2) is 8.73. The van der Waals surface area contributed by atoms with Crippen LogP contribution < -0.4 is 15.5 Å². The van der Waals surface area contributed by atoms with Crippen molar-refractivity contribution >= 4 is 11.7 Å². The van der Waals surface area contributed by atoms with Gasteiger partial charge in [0.05, 0.1) is 0 Å². The first-order valence-corrected chi connectivity index (χ1v) is 8.62. The Morgan fingerprint density at radius 2 is 1.83 bits per heavy atom. The molecule has 0 atom stereocenters. The number of aliphatic hydroxyl groups excluding tert-OH is 1. The van der Waals surface area contributed by atoms with Gasteiger partial charge < -0.3 is 20.6 Å². The number of nitrogens with zero attached hydrogens (tertiary/aromatic N) is 1. The van der Waals surface area contributed by atoms with E-state index in [1.165, 1.54) is 5.69 Å². The van der Waals surface area contributed by atoms with Crippen LogP contribution in [0.2, 0.25) is 0 Å². The second-order valence-electron chi connectivity index (χ2n) is 7.08. The van der Waals surface area contributed by atoms with Gasteiger partial charge in [0.25, 0.3) is 0 Å². The van der Waals surface area contributed by atoms with E-state index in [2.05, 4.69) is 52.0 Å². The SMILES string of the molecule is CC(C)(CO)CCCNC(=O)NCc1ccc(N2CC=CC2)cc1. The molecule has 2 amide bonds. The van der Waals surface area contributed by atoms with E-state index in [1.807, 2.05) is 13.8 Å². The fourth-order valence-corrected chi connectivity index (χ4v) is 2.61. The van der Waals surface area contributed by atoms with Gasteiger partial charge in [-0.2, -0.15) is 0 Å². The first-order valence-electron chi connectivity index (χ1n) is 8.62. The van der Waals surface area contributed by atoms with Crippen LogP contribution in [0.3, 0.4) is 0 Å². The van der Waals surface area contributed by atoms with Gasteiger partial charge in [-0.25, -0.2) is 4.79 Å². The predicted molar refractivity (Wildman–Crippen MR) is 98.1 cm³/mol. The van der Waals surface area contributed by atoms with E-state index in [4.69, 9.17) is 0 Å². The molecule has 0 aromatic heterocycles. The first-order chi connectivity index (χ1) is 11.5. The highest BCUT2D eigenvalue weighted by Crippen LogP contribution is 2.20. The van der Waals surface area contributed by atoms with Gasteiger partial charge in [0.2, 0.25) is 0 Å². The van der Waals surface area contributed by atoms with Crippen molar-refractivity contribution in [3.05, 3.63) is 42.0 Å². The Morgan fingerprint density at radius 1 is 1.17 bits per heavy atom. The van der Waals surface area contributed by atoms with Gasteiger partial charge in [-0.15, -0.1) is 0 Å². The van der Waals surface area contributed by atoms with E-state index in [9.17, 15) is 9.90 Å². The Bertz CT molecular complexity index is 544. The number of carbonyl (C=O) groups is 1. The standard InChI is InChI=1S/C19H29N3O2/c1-19(2,15-23)10-5-11-20-18(24)21-14-16-6-8-17(9-7-16)22-12-3-4-13-22/h3-4,6-9,23H,5,10-15H2,1-2H3,(H2,20,21,24). The van der Waals surface area contributed by atoms with Crippen molar-refractivity contribution in [2.24, 2.45) is 5.41 Å². The molecule has 5 nitrogen and oxygen atoms in total. The molecule has 0 aliphatic carbocycles. The lowest BCUT2D eigenvalue weighted by Crippen LogP contribution is -2.36. The second-order valence-corrected chi connectivity index (χ2v) is 7.08. The maximum Gasteiger partial charge on any atom is 0.315 e. The molecule has 0 bridgehead atoms. The number of hydrogen-bond acceptors (Lipinski definition) is 3. The molecule has 0 unspecified atom stereocenters. The summed E-state index contributed by atoms with van der Waals surface area (Å²) in [5, 5.41) is 14.9. The first kappa shape index (κ1) is 18.3. The highest BCUT2D eigenvalue weighted by molar-refractivity contribution is 5.73. The quantitative estimate of drug-likeness (QED) is 0.507. The number of anilines is 1. The fraction of sp³-hybridized carbons (Fsp3) is 0.526. The van der Waals surface area contributed by atoms with Gasteiger partial charge in [-0.3, -0.25) is 0 Å². The molecule has 0 radical (unpaired) electrons. The van der Waals surface area contributed by atoms with E-state index in [1.54, 1.807) is 0 Å². The largest absolute Gasteiger partial charge is 0.396 e. The minimum Gasteiger partial charge on any atom is -0.396 e. The molecule has 24 heavy (non-hydrogen) atoms. The Balaban J connectivity index is 1.64. The predicted octanol–water partition coefficient (Wildman–Crippen LogP) is 2.66. The molecular formula is C19H29N3O2. The number of nitrogens with one attached hydrogen (secondary N) is 2. The van der Waals surface area contributed by atoms with Crippen molar-refractivity contribution < 1.29 is 9.90 Å². The maximum atomic E-state index is 11.8. The molecular weight excluding hydrogens is 302 g/mol. The summed E-state index contributed by atoms with van der Waals surface area (Å²) in [6.07, 6.45) is 6.08. The van der Waals surface area contributed by atoms with Crippen LogP contribution >= 0.6 is 0 Å². The number of carbonyl (C=O) groups excluding carboxylic acids is 1. The van der Waals surface area contributed by atoms with Crippen molar-refractivity contribution in [1.29, 1.82) is 0 Å². The number of amides is 2. The summed E-state index contributed by atoms with van der Waals surface area (Å²) >= 11 is 0. The third-order valence-electron chi connectivity index (χ3n) is 4.32. The zero-order valence-electron chi connectivity index (χ0n) is 14.7. The summed E-state index contributed by atoms with van der Waals surface area (Å²) in [5.41, 5.74) is 2.22. The van der Waals surface area contributed by atoms with E-state index in [0.717, 1.165) is 31.5 Å². The van der Waals surface area contributed by atoms with Gasteiger partial charge in [0.1, 0.15) is 0 Å². The van der Waals surface area contributed by atoms with Crippen LogP contribution in [0.15, 0.2) is 36.4 Å². The molecule has 0 spiro atoms. The van der Waals surface area contributed by atoms with Crippen LogP contribution in [0.5, 0.6) is 0 Å². The molecule has 132 valence electrons. The smallest absolute Gasteiger partial charge is 0.315 e. The van der Waals surface area contributed by atoms with Gasteiger partial charge in [0, 0.05) is 38.5 Å². The van der Waals surface area contributed by atoms with E-state index in [-0.39, 0.29) is 18.1 Å².